The Kier molecular flexibility index (Phi) is 6.09. The van der Waals surface area contributed by atoms with Crippen molar-refractivity contribution in [3.63, 3.8) is 0 Å². The van der Waals surface area contributed by atoms with Crippen LogP contribution in [0.5, 0.6) is 0 Å². The number of pyridine rings is 1. The largest absolute Gasteiger partial charge is 0.420 e. The van der Waals surface area contributed by atoms with Crippen LogP contribution in [-0.2, 0) is 7.05 Å². The molecule has 1 aliphatic heterocycles. The number of aliphatic hydroxyl groups excluding tert-OH is 1. The predicted molar refractivity (Wildman–Crippen MR) is 127 cm³/mol. The number of benzene rings is 2. The van der Waals surface area contributed by atoms with Gasteiger partial charge in [-0.05, 0) is 17.2 Å². The van der Waals surface area contributed by atoms with Crippen molar-refractivity contribution in [1.82, 2.24) is 19.4 Å². The van der Waals surface area contributed by atoms with Gasteiger partial charge in [-0.3, -0.25) is 14.4 Å². The molecule has 1 aliphatic rings. The van der Waals surface area contributed by atoms with Crippen molar-refractivity contribution in [2.45, 2.75) is 12.1 Å². The van der Waals surface area contributed by atoms with Crippen molar-refractivity contribution in [1.29, 1.82) is 0 Å². The van der Waals surface area contributed by atoms with Crippen LogP contribution in [0.3, 0.4) is 0 Å². The van der Waals surface area contributed by atoms with E-state index in [-0.39, 0.29) is 6.04 Å². The highest BCUT2D eigenvalue weighted by atomic mass is 16.4. The van der Waals surface area contributed by atoms with Gasteiger partial charge >= 0.3 is 5.76 Å². The maximum absolute atomic E-state index is 11.7. The van der Waals surface area contributed by atoms with Gasteiger partial charge in [0.25, 0.3) is 0 Å². The van der Waals surface area contributed by atoms with E-state index >= 15 is 0 Å². The molecule has 0 amide bonds. The van der Waals surface area contributed by atoms with E-state index in [4.69, 9.17) is 4.42 Å². The van der Waals surface area contributed by atoms with Gasteiger partial charge in [0.1, 0.15) is 0 Å². The van der Waals surface area contributed by atoms with E-state index in [1.54, 1.807) is 19.3 Å². The molecule has 1 N–H and O–H groups in total. The fraction of sp³-hybridized carbons (Fsp3) is 0.308. The normalized spacial score (nSPS) is 16.5. The lowest BCUT2D eigenvalue weighted by Gasteiger charge is -2.40. The van der Waals surface area contributed by atoms with Crippen molar-refractivity contribution in [3.05, 3.63) is 100 Å². The molecule has 5 rings (SSSR count). The van der Waals surface area contributed by atoms with Gasteiger partial charge in [-0.1, -0.05) is 60.7 Å². The Morgan fingerprint density at radius 2 is 1.55 bits per heavy atom. The van der Waals surface area contributed by atoms with Gasteiger partial charge in [-0.15, -0.1) is 0 Å². The highest BCUT2D eigenvalue weighted by molar-refractivity contribution is 5.68. The number of hydrogen-bond acceptors (Lipinski definition) is 6. The summed E-state index contributed by atoms with van der Waals surface area (Å²) in [5, 5.41) is 10.8. The van der Waals surface area contributed by atoms with E-state index in [9.17, 15) is 9.90 Å². The smallest absolute Gasteiger partial charge is 0.406 e. The quantitative estimate of drug-likeness (QED) is 0.493. The highest BCUT2D eigenvalue weighted by Crippen LogP contribution is 2.29. The molecule has 1 unspecified atom stereocenters. The van der Waals surface area contributed by atoms with Gasteiger partial charge in [0.2, 0.25) is 0 Å². The number of aliphatic hydroxyl groups is 1. The summed E-state index contributed by atoms with van der Waals surface area (Å²) in [5.74, 6) is -0.452. The Labute approximate surface area is 192 Å². The molecule has 0 saturated carbocycles. The number of aromatic nitrogens is 2. The van der Waals surface area contributed by atoms with Crippen LogP contribution in [0.2, 0.25) is 0 Å². The second-order valence-corrected chi connectivity index (χ2v) is 8.59. The molecular formula is C26H28N4O3. The Morgan fingerprint density at radius 3 is 2.15 bits per heavy atom. The molecule has 170 valence electrons. The molecular weight excluding hydrogens is 416 g/mol. The zero-order valence-corrected chi connectivity index (χ0v) is 18.7. The predicted octanol–water partition coefficient (Wildman–Crippen LogP) is 2.97. The van der Waals surface area contributed by atoms with E-state index in [1.165, 1.54) is 15.7 Å². The van der Waals surface area contributed by atoms with Gasteiger partial charge in [0, 0.05) is 51.5 Å². The van der Waals surface area contributed by atoms with Gasteiger partial charge in [-0.2, -0.15) is 0 Å². The monoisotopic (exact) mass is 444 g/mol. The third kappa shape index (κ3) is 4.48. The summed E-state index contributed by atoms with van der Waals surface area (Å²) in [5.41, 5.74) is 4.13. The highest BCUT2D eigenvalue weighted by Gasteiger charge is 2.27. The van der Waals surface area contributed by atoms with Crippen molar-refractivity contribution in [2.75, 3.05) is 32.7 Å². The molecule has 1 atom stereocenters. The van der Waals surface area contributed by atoms with E-state index in [0.717, 1.165) is 26.2 Å². The average Bonchev–Trinajstić information content (AvgIpc) is 3.14. The number of oxazole rings is 1. The number of β-amino-alcohol motifs (C(OH)–C–C–N with tert-alkyl or cyclic N) is 1. The average molecular weight is 445 g/mol. The molecule has 1 fully saturated rings. The summed E-state index contributed by atoms with van der Waals surface area (Å²) in [7, 11) is 1.62. The maximum Gasteiger partial charge on any atom is 0.420 e. The third-order valence-electron chi connectivity index (χ3n) is 6.46. The molecule has 7 nitrogen and oxygen atoms in total. The van der Waals surface area contributed by atoms with Crippen LogP contribution in [0.1, 0.15) is 28.8 Å². The van der Waals surface area contributed by atoms with Gasteiger partial charge in [-0.25, -0.2) is 9.78 Å². The van der Waals surface area contributed by atoms with E-state index in [1.807, 2.05) is 0 Å². The fourth-order valence-electron chi connectivity index (χ4n) is 4.65. The lowest BCUT2D eigenvalue weighted by molar-refractivity contribution is 0.0622. The molecule has 2 aromatic carbocycles. The minimum atomic E-state index is -0.696. The number of aryl methyl sites for hydroxylation is 1. The van der Waals surface area contributed by atoms with Crippen LogP contribution in [-0.4, -0.2) is 57.2 Å². The molecule has 0 spiro atoms. The van der Waals surface area contributed by atoms with Crippen LogP contribution in [0, 0.1) is 0 Å². The first-order chi connectivity index (χ1) is 16.1. The van der Waals surface area contributed by atoms with Crippen molar-refractivity contribution >= 4 is 11.2 Å². The van der Waals surface area contributed by atoms with E-state index in [2.05, 4.69) is 75.4 Å². The Hall–Kier alpha value is -3.26. The molecule has 1 saturated heterocycles. The van der Waals surface area contributed by atoms with Gasteiger partial charge < -0.3 is 9.52 Å². The molecule has 0 radical (unpaired) electrons. The summed E-state index contributed by atoms with van der Waals surface area (Å²) in [4.78, 5) is 20.8. The number of fused-ring (bicyclic) bond motifs is 1. The van der Waals surface area contributed by atoms with Crippen LogP contribution in [0.15, 0.2) is 82.1 Å². The molecule has 7 heteroatoms. The second-order valence-electron chi connectivity index (χ2n) is 8.59. The fourth-order valence-corrected chi connectivity index (χ4v) is 4.65. The standard InChI is InChI=1S/C26H28N4O3/c1-28-25-23(33-26(28)32)16-21(17-27-25)22(31)18-29-12-14-30(15-13-29)24(19-8-4-2-5-9-19)20-10-6-3-7-11-20/h2-11,16-17,22,24,31H,12-15,18H2,1H3. The summed E-state index contributed by atoms with van der Waals surface area (Å²) < 4.78 is 6.58. The minimum Gasteiger partial charge on any atom is -0.406 e. The van der Waals surface area contributed by atoms with Crippen LogP contribution in [0.4, 0.5) is 0 Å². The van der Waals surface area contributed by atoms with E-state index < -0.39 is 11.9 Å². The maximum atomic E-state index is 11.7. The molecule has 0 bridgehead atoms. The minimum absolute atomic E-state index is 0.215. The Morgan fingerprint density at radius 1 is 0.939 bits per heavy atom. The first-order valence-electron chi connectivity index (χ1n) is 11.3. The zero-order valence-electron chi connectivity index (χ0n) is 18.7. The van der Waals surface area contributed by atoms with Crippen molar-refractivity contribution in [2.24, 2.45) is 7.05 Å². The summed E-state index contributed by atoms with van der Waals surface area (Å²) in [6.07, 6.45) is 0.928. The van der Waals surface area contributed by atoms with Gasteiger partial charge in [0.05, 0.1) is 12.1 Å². The SMILES string of the molecule is Cn1c(=O)oc2cc(C(O)CN3CCN(C(c4ccccc4)c4ccccc4)CC3)cnc21. The number of rotatable bonds is 6. The molecule has 4 aromatic rings. The molecule has 33 heavy (non-hydrogen) atoms. The topological polar surface area (TPSA) is 74.7 Å². The molecule has 2 aromatic heterocycles. The Bertz CT molecular complexity index is 1220. The zero-order chi connectivity index (χ0) is 22.8. The number of nitrogens with zero attached hydrogens (tertiary/aromatic N) is 4. The van der Waals surface area contributed by atoms with Gasteiger partial charge in [0.15, 0.2) is 11.2 Å². The van der Waals surface area contributed by atoms with Crippen LogP contribution in [0.25, 0.3) is 11.2 Å². The first-order valence-corrected chi connectivity index (χ1v) is 11.3. The van der Waals surface area contributed by atoms with Crippen LogP contribution < -0.4 is 5.76 Å². The Balaban J connectivity index is 1.27. The molecule has 3 heterocycles. The van der Waals surface area contributed by atoms with Crippen LogP contribution >= 0.6 is 0 Å². The lowest BCUT2D eigenvalue weighted by Crippen LogP contribution is -2.48. The number of hydrogen-bond donors (Lipinski definition) is 1. The summed E-state index contributed by atoms with van der Waals surface area (Å²) >= 11 is 0. The lowest BCUT2D eigenvalue weighted by atomic mass is 9.96. The molecule has 0 aliphatic carbocycles. The second kappa shape index (κ2) is 9.31. The van der Waals surface area contributed by atoms with Crippen molar-refractivity contribution in [3.8, 4) is 0 Å². The summed E-state index contributed by atoms with van der Waals surface area (Å²) in [6.45, 7) is 4.06. The number of piperazine rings is 1. The first kappa shape index (κ1) is 21.6. The van der Waals surface area contributed by atoms with Crippen molar-refractivity contribution < 1.29 is 9.52 Å². The summed E-state index contributed by atoms with van der Waals surface area (Å²) in [6, 6.07) is 23.2. The van der Waals surface area contributed by atoms with E-state index in [0.29, 0.717) is 23.3 Å². The third-order valence-corrected chi connectivity index (χ3v) is 6.46.